The number of hydrogen-bond donors (Lipinski definition) is 1. The van der Waals surface area contributed by atoms with Crippen LogP contribution in [0.3, 0.4) is 0 Å². The molecule has 0 radical (unpaired) electrons. The average molecular weight is 832 g/mol. The fraction of sp³-hybridized carbons (Fsp3) is 0.114. The minimum Gasteiger partial charge on any atom is -0.458 e. The predicted molar refractivity (Wildman–Crippen MR) is 222 cm³/mol. The third-order valence-corrected chi connectivity index (χ3v) is 8.93. The second kappa shape index (κ2) is 21.6. The smallest absolute Gasteiger partial charge is 0.343 e. The molecular weight excluding hydrogens is 795 g/mol. The van der Waals surface area contributed by atoms with Gasteiger partial charge in [-0.3, -0.25) is 15.0 Å². The van der Waals surface area contributed by atoms with Crippen molar-refractivity contribution in [3.63, 3.8) is 0 Å². The number of fused-ring (bicyclic) bond motifs is 1. The fourth-order valence-electron chi connectivity index (χ4n) is 4.94. The number of aryl methyl sites for hydroxylation is 1. The van der Waals surface area contributed by atoms with Gasteiger partial charge < -0.3 is 33.2 Å². The van der Waals surface area contributed by atoms with Crippen molar-refractivity contribution in [3.8, 4) is 23.0 Å². The highest BCUT2D eigenvalue weighted by atomic mass is 32.1. The maximum absolute atomic E-state index is 13.5. The van der Waals surface area contributed by atoms with E-state index in [2.05, 4.69) is 41.8 Å². The molecule has 0 aliphatic rings. The maximum Gasteiger partial charge on any atom is 0.343 e. The number of esters is 3. The molecule has 1 aromatic heterocycles. The van der Waals surface area contributed by atoms with Crippen molar-refractivity contribution in [1.82, 2.24) is 4.98 Å². The number of nitrogens with zero attached hydrogens (tertiary/aromatic N) is 2. The summed E-state index contributed by atoms with van der Waals surface area (Å²) >= 11 is 1.39. The number of ether oxygens (including phenoxy) is 7. The number of Topliss-reactive ketones (excluding diaryl/α,β-unsaturated/α-hetero) is 2. The Hall–Kier alpha value is -7.85. The summed E-state index contributed by atoms with van der Waals surface area (Å²) in [5.41, 5.74) is 4.88. The highest BCUT2D eigenvalue weighted by Gasteiger charge is 2.19. The molecule has 0 amide bonds. The Bertz CT molecular complexity index is 2420. The number of thiazole rings is 1. The van der Waals surface area contributed by atoms with Gasteiger partial charge >= 0.3 is 17.9 Å². The normalized spacial score (nSPS) is 10.5. The van der Waals surface area contributed by atoms with Crippen molar-refractivity contribution >= 4 is 62.4 Å². The monoisotopic (exact) mass is 831 g/mol. The number of carbonyl (C=O) groups excluding carboxylic acids is 5. The van der Waals surface area contributed by atoms with Crippen molar-refractivity contribution in [3.05, 3.63) is 157 Å². The molecule has 5 aromatic rings. The SMILES string of the molecule is C=CC(=C)OCOc1ccc(C(=O)C(=O)CCc2ccc(OC(=O)c3ccc(OCOC(=O)C=C)c(OCOC(=O)C=C)c3)c(/C=N/Nc3nc4ccccc4s3)c2)cc1. The van der Waals surface area contributed by atoms with Gasteiger partial charge in [-0.15, -0.1) is 0 Å². The van der Waals surface area contributed by atoms with Crippen molar-refractivity contribution in [2.75, 3.05) is 25.8 Å². The quantitative estimate of drug-likeness (QED) is 0.00650. The number of rotatable bonds is 23. The van der Waals surface area contributed by atoms with Crippen LogP contribution < -0.4 is 24.4 Å². The minimum atomic E-state index is -0.818. The lowest BCUT2D eigenvalue weighted by Gasteiger charge is -2.14. The molecule has 0 saturated carbocycles. The van der Waals surface area contributed by atoms with Gasteiger partial charge in [-0.1, -0.05) is 55.9 Å². The molecule has 5 rings (SSSR count). The van der Waals surface area contributed by atoms with Crippen molar-refractivity contribution in [2.24, 2.45) is 5.10 Å². The predicted octanol–water partition coefficient (Wildman–Crippen LogP) is 7.53. The largest absolute Gasteiger partial charge is 0.458 e. The first kappa shape index (κ1) is 43.3. The Balaban J connectivity index is 1.32. The zero-order valence-electron chi connectivity index (χ0n) is 32.0. The number of hydrazone groups is 1. The van der Waals surface area contributed by atoms with E-state index in [4.69, 9.17) is 33.2 Å². The standard InChI is InChI=1S/C44H37N3O12S/c1-5-28(4)53-25-54-33-17-14-30(15-18-33)42(51)35(48)19-12-29-13-20-36(32(22-29)24-45-47-44-46-34-10-8-9-11-39(34)60-44)59-43(52)31-16-21-37(55-26-57-40(49)6-2)38(23-31)56-27-58-41(50)7-3/h5-11,13-18,20-24H,1-4,12,19,25-27H2,(H,46,47)/b45-24+. The average Bonchev–Trinajstić information content (AvgIpc) is 3.69. The molecule has 60 heavy (non-hydrogen) atoms. The molecule has 0 bridgehead atoms. The second-order valence-corrected chi connectivity index (χ2v) is 13.0. The summed E-state index contributed by atoms with van der Waals surface area (Å²) < 4.78 is 38.2. The molecule has 0 fully saturated rings. The van der Waals surface area contributed by atoms with Gasteiger partial charge in [0.05, 0.1) is 22.0 Å². The highest BCUT2D eigenvalue weighted by Crippen LogP contribution is 2.30. The van der Waals surface area contributed by atoms with Crippen LogP contribution in [0.15, 0.2) is 140 Å². The molecule has 1 heterocycles. The van der Waals surface area contributed by atoms with Crippen LogP contribution in [0.1, 0.15) is 38.3 Å². The van der Waals surface area contributed by atoms with E-state index < -0.39 is 43.1 Å². The van der Waals surface area contributed by atoms with Gasteiger partial charge in [-0.05, 0) is 84.8 Å². The molecular formula is C44H37N3O12S. The second-order valence-electron chi connectivity index (χ2n) is 12.0. The third kappa shape index (κ3) is 12.6. The number of aromatic nitrogens is 1. The Kier molecular flexibility index (Phi) is 15.6. The Labute approximate surface area is 347 Å². The van der Waals surface area contributed by atoms with Crippen LogP contribution in [-0.2, 0) is 35.0 Å². The summed E-state index contributed by atoms with van der Waals surface area (Å²) in [5, 5.41) is 4.84. The summed E-state index contributed by atoms with van der Waals surface area (Å²) in [6.07, 6.45) is 4.84. The van der Waals surface area contributed by atoms with Crippen molar-refractivity contribution < 1.29 is 57.1 Å². The van der Waals surface area contributed by atoms with Gasteiger partial charge in [-0.2, -0.15) is 5.10 Å². The maximum atomic E-state index is 13.5. The van der Waals surface area contributed by atoms with Crippen LogP contribution in [0.5, 0.6) is 23.0 Å². The lowest BCUT2D eigenvalue weighted by molar-refractivity contribution is -0.146. The highest BCUT2D eigenvalue weighted by molar-refractivity contribution is 7.22. The van der Waals surface area contributed by atoms with Gasteiger partial charge in [0.2, 0.25) is 37.1 Å². The van der Waals surface area contributed by atoms with Gasteiger partial charge in [0.1, 0.15) is 17.3 Å². The molecule has 0 aliphatic heterocycles. The molecule has 0 atom stereocenters. The molecule has 306 valence electrons. The first-order valence-electron chi connectivity index (χ1n) is 17.8. The van der Waals surface area contributed by atoms with Crippen LogP contribution in [0.2, 0.25) is 0 Å². The van der Waals surface area contributed by atoms with Crippen LogP contribution in [-0.4, -0.2) is 61.1 Å². The molecule has 0 spiro atoms. The molecule has 4 aromatic carbocycles. The molecule has 0 saturated heterocycles. The number of carbonyl (C=O) groups is 5. The number of ketones is 2. The van der Waals surface area contributed by atoms with Crippen LogP contribution in [0, 0.1) is 0 Å². The van der Waals surface area contributed by atoms with Crippen molar-refractivity contribution in [2.45, 2.75) is 12.8 Å². The van der Waals surface area contributed by atoms with E-state index in [1.165, 1.54) is 60.0 Å². The van der Waals surface area contributed by atoms with Gasteiger partial charge in [0.25, 0.3) is 0 Å². The number of nitrogens with one attached hydrogen (secondary N) is 1. The topological polar surface area (TPSA) is 187 Å². The first-order valence-corrected chi connectivity index (χ1v) is 18.6. The Morgan fingerprint density at radius 1 is 0.717 bits per heavy atom. The van der Waals surface area contributed by atoms with Crippen molar-refractivity contribution in [1.29, 1.82) is 0 Å². The van der Waals surface area contributed by atoms with E-state index in [1.54, 1.807) is 24.3 Å². The van der Waals surface area contributed by atoms with E-state index in [-0.39, 0.29) is 48.0 Å². The zero-order valence-corrected chi connectivity index (χ0v) is 32.8. The van der Waals surface area contributed by atoms with E-state index in [0.717, 1.165) is 22.4 Å². The number of benzene rings is 4. The minimum absolute atomic E-state index is 0.00526. The van der Waals surface area contributed by atoms with Gasteiger partial charge in [0.15, 0.2) is 11.5 Å². The molecule has 0 aliphatic carbocycles. The Morgan fingerprint density at radius 2 is 1.38 bits per heavy atom. The summed E-state index contributed by atoms with van der Waals surface area (Å²) in [6, 6.07) is 22.5. The molecule has 16 heteroatoms. The van der Waals surface area contributed by atoms with E-state index in [9.17, 15) is 24.0 Å². The summed E-state index contributed by atoms with van der Waals surface area (Å²) in [4.78, 5) is 67.1. The fourth-order valence-corrected chi connectivity index (χ4v) is 5.75. The molecule has 15 nitrogen and oxygen atoms in total. The van der Waals surface area contributed by atoms with E-state index in [1.807, 2.05) is 24.3 Å². The van der Waals surface area contributed by atoms with Crippen LogP contribution in [0.4, 0.5) is 5.13 Å². The number of para-hydroxylation sites is 1. The third-order valence-electron chi connectivity index (χ3n) is 7.99. The zero-order chi connectivity index (χ0) is 42.9. The number of allylic oxidation sites excluding steroid dienone is 1. The van der Waals surface area contributed by atoms with Gasteiger partial charge in [0, 0.05) is 29.7 Å². The van der Waals surface area contributed by atoms with E-state index >= 15 is 0 Å². The first-order chi connectivity index (χ1) is 29.1. The Morgan fingerprint density at radius 3 is 2.08 bits per heavy atom. The lowest BCUT2D eigenvalue weighted by Crippen LogP contribution is -2.15. The summed E-state index contributed by atoms with van der Waals surface area (Å²) in [6.45, 7) is 12.6. The summed E-state index contributed by atoms with van der Waals surface area (Å²) in [7, 11) is 0. The molecule has 0 unspecified atom stereocenters. The van der Waals surface area contributed by atoms with E-state index in [0.29, 0.717) is 27.8 Å². The van der Waals surface area contributed by atoms with Crippen LogP contribution >= 0.6 is 11.3 Å². The number of hydrogen-bond acceptors (Lipinski definition) is 16. The molecule has 1 N–H and O–H groups in total. The van der Waals surface area contributed by atoms with Gasteiger partial charge in [-0.25, -0.2) is 19.4 Å². The number of anilines is 1. The van der Waals surface area contributed by atoms with Crippen LogP contribution in [0.25, 0.3) is 10.2 Å². The summed E-state index contributed by atoms with van der Waals surface area (Å²) in [5.74, 6) is -2.70. The lowest BCUT2D eigenvalue weighted by atomic mass is 10.00.